The number of nitrogens with zero attached hydrogens (tertiary/aromatic N) is 1. The molecule has 0 heterocycles. The predicted octanol–water partition coefficient (Wildman–Crippen LogP) is 2.81. The van der Waals surface area contributed by atoms with Crippen LogP contribution in [0, 0.1) is 5.92 Å². The van der Waals surface area contributed by atoms with Crippen LogP contribution in [0.4, 0.5) is 18.0 Å². The lowest BCUT2D eigenvalue weighted by atomic mass is 10.3. The Bertz CT molecular complexity index is 239. The van der Waals surface area contributed by atoms with Crippen LogP contribution in [-0.2, 0) is 4.74 Å². The molecule has 1 rings (SSSR count). The second-order valence-corrected chi connectivity index (χ2v) is 4.06. The molecule has 0 aromatic carbocycles. The Balaban J connectivity index is 2.33. The molecular formula is C10H16F3NO2. The Morgan fingerprint density at radius 2 is 2.06 bits per heavy atom. The van der Waals surface area contributed by atoms with Crippen molar-refractivity contribution in [1.29, 1.82) is 0 Å². The van der Waals surface area contributed by atoms with Gasteiger partial charge in [0.2, 0.25) is 0 Å². The fourth-order valence-electron chi connectivity index (χ4n) is 1.37. The van der Waals surface area contributed by atoms with E-state index in [1.807, 2.05) is 6.92 Å². The van der Waals surface area contributed by atoms with E-state index in [1.54, 1.807) is 0 Å². The van der Waals surface area contributed by atoms with Gasteiger partial charge >= 0.3 is 12.3 Å². The van der Waals surface area contributed by atoms with Gasteiger partial charge in [0.05, 0.1) is 0 Å². The van der Waals surface area contributed by atoms with E-state index in [9.17, 15) is 18.0 Å². The van der Waals surface area contributed by atoms with E-state index in [2.05, 4.69) is 4.74 Å². The van der Waals surface area contributed by atoms with Crippen LogP contribution in [0.2, 0.25) is 0 Å². The van der Waals surface area contributed by atoms with E-state index in [0.717, 1.165) is 12.8 Å². The number of rotatable bonds is 5. The summed E-state index contributed by atoms with van der Waals surface area (Å²) in [6.45, 7) is 1.34. The van der Waals surface area contributed by atoms with Gasteiger partial charge in [0.15, 0.2) is 6.61 Å². The van der Waals surface area contributed by atoms with E-state index in [1.165, 1.54) is 4.90 Å². The van der Waals surface area contributed by atoms with Gasteiger partial charge in [-0.25, -0.2) is 4.79 Å². The molecule has 0 radical (unpaired) electrons. The van der Waals surface area contributed by atoms with Gasteiger partial charge in [-0.2, -0.15) is 13.2 Å². The lowest BCUT2D eigenvalue weighted by Crippen LogP contribution is -2.36. The van der Waals surface area contributed by atoms with Crippen LogP contribution >= 0.6 is 0 Å². The zero-order valence-corrected chi connectivity index (χ0v) is 9.22. The molecule has 0 spiro atoms. The largest absolute Gasteiger partial charge is 0.440 e. The minimum absolute atomic E-state index is 0.449. The number of alkyl halides is 3. The summed E-state index contributed by atoms with van der Waals surface area (Å²) in [6.07, 6.45) is -2.49. The van der Waals surface area contributed by atoms with Crippen LogP contribution in [0.5, 0.6) is 0 Å². The van der Waals surface area contributed by atoms with Gasteiger partial charge in [-0.3, -0.25) is 0 Å². The summed E-state index contributed by atoms with van der Waals surface area (Å²) in [5, 5.41) is 0. The minimum atomic E-state index is -4.45. The standard InChI is InChI=1S/C10H16F3NO2/c1-2-5-14(6-8-3-4-8)9(15)16-7-10(11,12)13/h8H,2-7H2,1H3. The van der Waals surface area contributed by atoms with Crippen LogP contribution < -0.4 is 0 Å². The van der Waals surface area contributed by atoms with Crippen molar-refractivity contribution in [3.8, 4) is 0 Å². The van der Waals surface area contributed by atoms with Crippen molar-refractivity contribution >= 4 is 6.09 Å². The van der Waals surface area contributed by atoms with Crippen molar-refractivity contribution in [2.45, 2.75) is 32.4 Å². The molecule has 1 saturated carbocycles. The molecule has 0 N–H and O–H groups in total. The lowest BCUT2D eigenvalue weighted by molar-refractivity contribution is -0.162. The van der Waals surface area contributed by atoms with E-state index in [-0.39, 0.29) is 0 Å². The third-order valence-electron chi connectivity index (χ3n) is 2.29. The average Bonchev–Trinajstić information content (AvgIpc) is 2.96. The monoisotopic (exact) mass is 239 g/mol. The molecule has 3 nitrogen and oxygen atoms in total. The van der Waals surface area contributed by atoms with Crippen LogP contribution in [0.1, 0.15) is 26.2 Å². The molecule has 1 fully saturated rings. The van der Waals surface area contributed by atoms with E-state index in [4.69, 9.17) is 0 Å². The maximum absolute atomic E-state index is 11.8. The summed E-state index contributed by atoms with van der Waals surface area (Å²) in [6, 6.07) is 0. The van der Waals surface area contributed by atoms with Gasteiger partial charge in [-0.05, 0) is 25.2 Å². The van der Waals surface area contributed by atoms with Crippen LogP contribution in [0.15, 0.2) is 0 Å². The second kappa shape index (κ2) is 5.41. The Labute approximate surface area is 92.5 Å². The number of hydrogen-bond acceptors (Lipinski definition) is 2. The van der Waals surface area contributed by atoms with Crippen molar-refractivity contribution in [1.82, 2.24) is 4.90 Å². The summed E-state index contributed by atoms with van der Waals surface area (Å²) in [5.74, 6) is 0.449. The van der Waals surface area contributed by atoms with Crippen molar-refractivity contribution in [3.63, 3.8) is 0 Å². The van der Waals surface area contributed by atoms with Gasteiger partial charge in [0.1, 0.15) is 0 Å². The highest BCUT2D eigenvalue weighted by atomic mass is 19.4. The van der Waals surface area contributed by atoms with Crippen LogP contribution in [0.25, 0.3) is 0 Å². The third kappa shape index (κ3) is 5.23. The lowest BCUT2D eigenvalue weighted by Gasteiger charge is -2.21. The Morgan fingerprint density at radius 1 is 1.44 bits per heavy atom. The van der Waals surface area contributed by atoms with Gasteiger partial charge in [-0.1, -0.05) is 6.92 Å². The number of amides is 1. The second-order valence-electron chi connectivity index (χ2n) is 4.06. The Morgan fingerprint density at radius 3 is 2.50 bits per heavy atom. The molecule has 1 aliphatic carbocycles. The van der Waals surface area contributed by atoms with Gasteiger partial charge in [0.25, 0.3) is 0 Å². The van der Waals surface area contributed by atoms with Crippen molar-refractivity contribution in [2.24, 2.45) is 5.92 Å². The molecule has 0 unspecified atom stereocenters. The van der Waals surface area contributed by atoms with E-state index < -0.39 is 18.9 Å². The average molecular weight is 239 g/mol. The minimum Gasteiger partial charge on any atom is -0.440 e. The molecule has 16 heavy (non-hydrogen) atoms. The fourth-order valence-corrected chi connectivity index (χ4v) is 1.37. The molecule has 1 amide bonds. The maximum atomic E-state index is 11.8. The SMILES string of the molecule is CCCN(CC1CC1)C(=O)OCC(F)(F)F. The number of carbonyl (C=O) groups excluding carboxylic acids is 1. The molecule has 0 aromatic heterocycles. The summed E-state index contributed by atoms with van der Waals surface area (Å²) < 4.78 is 39.7. The van der Waals surface area contributed by atoms with Crippen LogP contribution in [-0.4, -0.2) is 36.9 Å². The van der Waals surface area contributed by atoms with E-state index >= 15 is 0 Å². The molecule has 6 heteroatoms. The summed E-state index contributed by atoms with van der Waals surface area (Å²) in [4.78, 5) is 12.7. The Kier molecular flexibility index (Phi) is 4.44. The zero-order valence-electron chi connectivity index (χ0n) is 9.22. The topological polar surface area (TPSA) is 29.5 Å². The molecule has 0 atom stereocenters. The summed E-state index contributed by atoms with van der Waals surface area (Å²) >= 11 is 0. The smallest absolute Gasteiger partial charge is 0.422 e. The number of hydrogen-bond donors (Lipinski definition) is 0. The molecule has 0 aliphatic heterocycles. The van der Waals surface area contributed by atoms with E-state index in [0.29, 0.717) is 25.4 Å². The predicted molar refractivity (Wildman–Crippen MR) is 52.0 cm³/mol. The number of halogens is 3. The molecule has 0 bridgehead atoms. The summed E-state index contributed by atoms with van der Waals surface area (Å²) in [5.41, 5.74) is 0. The van der Waals surface area contributed by atoms with Crippen molar-refractivity contribution in [3.05, 3.63) is 0 Å². The quantitative estimate of drug-likeness (QED) is 0.738. The third-order valence-corrected chi connectivity index (χ3v) is 2.29. The van der Waals surface area contributed by atoms with Crippen molar-refractivity contribution < 1.29 is 22.7 Å². The first-order valence-corrected chi connectivity index (χ1v) is 5.41. The first-order chi connectivity index (χ1) is 7.42. The van der Waals surface area contributed by atoms with Gasteiger partial charge < -0.3 is 9.64 Å². The Hall–Kier alpha value is -0.940. The maximum Gasteiger partial charge on any atom is 0.422 e. The zero-order chi connectivity index (χ0) is 12.2. The highest BCUT2D eigenvalue weighted by Gasteiger charge is 2.32. The number of ether oxygens (including phenoxy) is 1. The van der Waals surface area contributed by atoms with Crippen LogP contribution in [0.3, 0.4) is 0 Å². The van der Waals surface area contributed by atoms with Gasteiger partial charge in [-0.15, -0.1) is 0 Å². The molecule has 0 aromatic rings. The first-order valence-electron chi connectivity index (χ1n) is 5.41. The molecule has 1 aliphatic rings. The normalized spacial score (nSPS) is 16.0. The highest BCUT2D eigenvalue weighted by Crippen LogP contribution is 2.30. The molecule has 0 saturated heterocycles. The molecular weight excluding hydrogens is 223 g/mol. The first kappa shape index (κ1) is 13.1. The highest BCUT2D eigenvalue weighted by molar-refractivity contribution is 5.67. The molecule has 94 valence electrons. The van der Waals surface area contributed by atoms with Crippen molar-refractivity contribution in [2.75, 3.05) is 19.7 Å². The fraction of sp³-hybridized carbons (Fsp3) is 0.900. The van der Waals surface area contributed by atoms with Gasteiger partial charge in [0, 0.05) is 13.1 Å². The number of carbonyl (C=O) groups is 1. The summed E-state index contributed by atoms with van der Waals surface area (Å²) in [7, 11) is 0.